The van der Waals surface area contributed by atoms with E-state index in [2.05, 4.69) is 15.2 Å². The fourth-order valence-electron chi connectivity index (χ4n) is 3.23. The van der Waals surface area contributed by atoms with Gasteiger partial charge in [-0.3, -0.25) is 9.48 Å². The molecule has 1 saturated heterocycles. The molecule has 7 heteroatoms. The molecule has 1 aliphatic heterocycles. The summed E-state index contributed by atoms with van der Waals surface area (Å²) in [5.74, 6) is 0.0829. The van der Waals surface area contributed by atoms with Crippen molar-refractivity contribution in [2.45, 2.75) is 46.2 Å². The van der Waals surface area contributed by atoms with E-state index < -0.39 is 0 Å². The minimum absolute atomic E-state index is 0.0829. The van der Waals surface area contributed by atoms with Gasteiger partial charge in [-0.05, 0) is 33.6 Å². The van der Waals surface area contributed by atoms with Crippen molar-refractivity contribution >= 4 is 5.91 Å². The number of aryl methyl sites for hydroxylation is 2. The second-order valence-corrected chi connectivity index (χ2v) is 5.78. The molecule has 7 nitrogen and oxygen atoms in total. The van der Waals surface area contributed by atoms with Crippen LogP contribution in [-0.2, 0) is 6.54 Å². The average molecular weight is 302 g/mol. The Bertz CT molecular complexity index is 660. The van der Waals surface area contributed by atoms with Gasteiger partial charge in [0.05, 0.1) is 17.3 Å². The second kappa shape index (κ2) is 5.90. The van der Waals surface area contributed by atoms with Gasteiger partial charge in [0.25, 0.3) is 5.91 Å². The number of piperidine rings is 1. The largest absolute Gasteiger partial charge is 0.336 e. The fraction of sp³-hybridized carbons (Fsp3) is 0.600. The summed E-state index contributed by atoms with van der Waals surface area (Å²) in [5.41, 5.74) is 2.51. The van der Waals surface area contributed by atoms with Crippen molar-refractivity contribution in [1.82, 2.24) is 29.4 Å². The molecule has 3 heterocycles. The van der Waals surface area contributed by atoms with Crippen molar-refractivity contribution in [2.24, 2.45) is 0 Å². The van der Waals surface area contributed by atoms with Gasteiger partial charge in [-0.25, -0.2) is 9.67 Å². The molecule has 0 unspecified atom stereocenters. The Morgan fingerprint density at radius 3 is 2.86 bits per heavy atom. The number of carbonyl (C=O) groups is 1. The normalized spacial score (nSPS) is 18.7. The topological polar surface area (TPSA) is 68.8 Å². The quantitative estimate of drug-likeness (QED) is 0.863. The second-order valence-electron chi connectivity index (χ2n) is 5.78. The summed E-state index contributed by atoms with van der Waals surface area (Å²) < 4.78 is 3.75. The van der Waals surface area contributed by atoms with E-state index in [-0.39, 0.29) is 11.9 Å². The van der Waals surface area contributed by atoms with E-state index >= 15 is 0 Å². The fourth-order valence-corrected chi connectivity index (χ4v) is 3.23. The Morgan fingerprint density at radius 2 is 2.23 bits per heavy atom. The molecule has 0 radical (unpaired) electrons. The number of carbonyl (C=O) groups excluding carboxylic acids is 1. The van der Waals surface area contributed by atoms with Gasteiger partial charge in [-0.15, -0.1) is 0 Å². The van der Waals surface area contributed by atoms with E-state index in [1.807, 2.05) is 35.0 Å². The minimum Gasteiger partial charge on any atom is -0.336 e. The molecule has 1 amide bonds. The standard InChI is InChI=1S/C15H22N6O/c1-4-20-12(3)14(11(2)18-20)15(22)19-7-5-6-13(8-19)21-10-16-9-17-21/h9-10,13H,4-8H2,1-3H3/t13-/m0/s1. The SMILES string of the molecule is CCn1nc(C)c(C(=O)N2CCC[C@H](n3cncn3)C2)c1C. The predicted molar refractivity (Wildman–Crippen MR) is 81.6 cm³/mol. The van der Waals surface area contributed by atoms with Gasteiger partial charge in [0.2, 0.25) is 0 Å². The highest BCUT2D eigenvalue weighted by Gasteiger charge is 2.29. The first-order valence-electron chi connectivity index (χ1n) is 7.79. The van der Waals surface area contributed by atoms with E-state index in [4.69, 9.17) is 0 Å². The summed E-state index contributed by atoms with van der Waals surface area (Å²) in [5, 5.41) is 8.67. The number of hydrogen-bond acceptors (Lipinski definition) is 4. The third kappa shape index (κ3) is 2.51. The van der Waals surface area contributed by atoms with Crippen molar-refractivity contribution in [3.8, 4) is 0 Å². The van der Waals surface area contributed by atoms with E-state index in [0.29, 0.717) is 6.54 Å². The average Bonchev–Trinajstić information content (AvgIpc) is 3.15. The van der Waals surface area contributed by atoms with E-state index in [1.165, 1.54) is 0 Å². The number of hydrogen-bond donors (Lipinski definition) is 0. The highest BCUT2D eigenvalue weighted by molar-refractivity contribution is 5.96. The van der Waals surface area contributed by atoms with Crippen LogP contribution in [0.5, 0.6) is 0 Å². The Hall–Kier alpha value is -2.18. The zero-order valence-corrected chi connectivity index (χ0v) is 13.4. The number of nitrogens with zero attached hydrogens (tertiary/aromatic N) is 6. The third-order valence-electron chi connectivity index (χ3n) is 4.39. The van der Waals surface area contributed by atoms with Gasteiger partial charge in [0.15, 0.2) is 0 Å². The van der Waals surface area contributed by atoms with Crippen LogP contribution in [0.15, 0.2) is 12.7 Å². The highest BCUT2D eigenvalue weighted by atomic mass is 16.2. The van der Waals surface area contributed by atoms with Gasteiger partial charge in [0.1, 0.15) is 12.7 Å². The van der Waals surface area contributed by atoms with Crippen molar-refractivity contribution in [3.05, 3.63) is 29.6 Å². The third-order valence-corrected chi connectivity index (χ3v) is 4.39. The molecule has 0 aromatic carbocycles. The van der Waals surface area contributed by atoms with Crippen molar-refractivity contribution in [2.75, 3.05) is 13.1 Å². The number of aromatic nitrogens is 5. The molecule has 2 aromatic heterocycles. The molecule has 2 aromatic rings. The predicted octanol–water partition coefficient (Wildman–Crippen LogP) is 1.59. The first-order valence-corrected chi connectivity index (χ1v) is 7.79. The Labute approximate surface area is 129 Å². The first-order chi connectivity index (χ1) is 10.6. The molecule has 118 valence electrons. The van der Waals surface area contributed by atoms with E-state index in [0.717, 1.165) is 42.9 Å². The number of likely N-dealkylation sites (tertiary alicyclic amines) is 1. The minimum atomic E-state index is 0.0829. The summed E-state index contributed by atoms with van der Waals surface area (Å²) in [4.78, 5) is 18.8. The summed E-state index contributed by atoms with van der Waals surface area (Å²) in [6, 6.07) is 0.210. The van der Waals surface area contributed by atoms with Crippen molar-refractivity contribution < 1.29 is 4.79 Å². The Morgan fingerprint density at radius 1 is 1.41 bits per heavy atom. The molecule has 1 fully saturated rings. The summed E-state index contributed by atoms with van der Waals surface area (Å²) in [7, 11) is 0. The maximum Gasteiger partial charge on any atom is 0.257 e. The number of rotatable bonds is 3. The van der Waals surface area contributed by atoms with Crippen LogP contribution in [0, 0.1) is 13.8 Å². The molecule has 22 heavy (non-hydrogen) atoms. The van der Waals surface area contributed by atoms with Crippen LogP contribution in [0.1, 0.15) is 47.6 Å². The van der Waals surface area contributed by atoms with Crippen LogP contribution in [0.3, 0.4) is 0 Å². The molecule has 1 aliphatic rings. The van der Waals surface area contributed by atoms with Crippen LogP contribution in [-0.4, -0.2) is 48.4 Å². The molecular formula is C15H22N6O. The highest BCUT2D eigenvalue weighted by Crippen LogP contribution is 2.24. The van der Waals surface area contributed by atoms with E-state index in [9.17, 15) is 4.79 Å². The summed E-state index contributed by atoms with van der Waals surface area (Å²) in [6.07, 6.45) is 5.28. The van der Waals surface area contributed by atoms with Gasteiger partial charge in [-0.1, -0.05) is 0 Å². The van der Waals surface area contributed by atoms with Crippen LogP contribution < -0.4 is 0 Å². The monoisotopic (exact) mass is 302 g/mol. The molecule has 0 aliphatic carbocycles. The van der Waals surface area contributed by atoms with E-state index in [1.54, 1.807) is 12.7 Å². The zero-order valence-electron chi connectivity index (χ0n) is 13.4. The molecule has 0 bridgehead atoms. The molecule has 0 spiro atoms. The van der Waals surface area contributed by atoms with Gasteiger partial charge < -0.3 is 4.90 Å². The van der Waals surface area contributed by atoms with Crippen LogP contribution >= 0.6 is 0 Å². The summed E-state index contributed by atoms with van der Waals surface area (Å²) >= 11 is 0. The molecule has 3 rings (SSSR count). The van der Waals surface area contributed by atoms with Gasteiger partial charge >= 0.3 is 0 Å². The lowest BCUT2D eigenvalue weighted by atomic mass is 10.0. The van der Waals surface area contributed by atoms with Crippen LogP contribution in [0.4, 0.5) is 0 Å². The molecule has 0 N–H and O–H groups in total. The van der Waals surface area contributed by atoms with Crippen LogP contribution in [0.25, 0.3) is 0 Å². The lowest BCUT2D eigenvalue weighted by Gasteiger charge is -2.32. The van der Waals surface area contributed by atoms with Gasteiger partial charge in [-0.2, -0.15) is 10.2 Å². The van der Waals surface area contributed by atoms with Crippen molar-refractivity contribution in [3.63, 3.8) is 0 Å². The first kappa shape index (κ1) is 14.7. The zero-order chi connectivity index (χ0) is 15.7. The Balaban J connectivity index is 1.81. The lowest BCUT2D eigenvalue weighted by molar-refractivity contribution is 0.0671. The maximum absolute atomic E-state index is 12.9. The van der Waals surface area contributed by atoms with Crippen LogP contribution in [0.2, 0.25) is 0 Å². The Kier molecular flexibility index (Phi) is 3.96. The lowest BCUT2D eigenvalue weighted by Crippen LogP contribution is -2.41. The molecule has 1 atom stereocenters. The molecular weight excluding hydrogens is 280 g/mol. The number of amides is 1. The smallest absolute Gasteiger partial charge is 0.257 e. The van der Waals surface area contributed by atoms with Crippen molar-refractivity contribution in [1.29, 1.82) is 0 Å². The maximum atomic E-state index is 12.9. The summed E-state index contributed by atoms with van der Waals surface area (Å²) in [6.45, 7) is 8.16. The van der Waals surface area contributed by atoms with Gasteiger partial charge in [0, 0.05) is 25.3 Å². The molecule has 0 saturated carbocycles.